The molecule has 0 bridgehead atoms. The van der Waals surface area contributed by atoms with E-state index in [2.05, 4.69) is 15.9 Å². The Hall–Kier alpha value is -2.29. The van der Waals surface area contributed by atoms with Gasteiger partial charge in [0.2, 0.25) is 5.60 Å². The van der Waals surface area contributed by atoms with Crippen LogP contribution < -0.4 is 0 Å². The van der Waals surface area contributed by atoms with E-state index in [0.717, 1.165) is 4.47 Å². The van der Waals surface area contributed by atoms with Crippen molar-refractivity contribution in [3.05, 3.63) is 74.2 Å². The van der Waals surface area contributed by atoms with E-state index in [1.807, 2.05) is 0 Å². The van der Waals surface area contributed by atoms with E-state index in [4.69, 9.17) is 9.47 Å². The van der Waals surface area contributed by atoms with E-state index in [-0.39, 0.29) is 18.9 Å². The maximum atomic E-state index is 12.6. The Morgan fingerprint density at radius 3 is 2.32 bits per heavy atom. The lowest BCUT2D eigenvalue weighted by molar-refractivity contribution is -0.384. The molecular formula is C17H14BrNO6. The smallest absolute Gasteiger partial charge is 0.346 e. The van der Waals surface area contributed by atoms with E-state index in [1.54, 1.807) is 24.3 Å². The fourth-order valence-electron chi connectivity index (χ4n) is 2.76. The zero-order valence-corrected chi connectivity index (χ0v) is 14.5. The van der Waals surface area contributed by atoms with Crippen LogP contribution in [0.3, 0.4) is 0 Å². The van der Waals surface area contributed by atoms with E-state index >= 15 is 0 Å². The molecule has 2 aromatic rings. The van der Waals surface area contributed by atoms with Crippen molar-refractivity contribution in [2.75, 3.05) is 13.2 Å². The Kier molecular flexibility index (Phi) is 4.85. The maximum Gasteiger partial charge on any atom is 0.346 e. The molecule has 0 radical (unpaired) electrons. The number of carbonyl (C=O) groups excluding carboxylic acids is 1. The average Bonchev–Trinajstić information content (AvgIpc) is 2.62. The van der Waals surface area contributed by atoms with Crippen molar-refractivity contribution in [1.29, 1.82) is 0 Å². The number of aliphatic hydroxyl groups excluding tert-OH is 1. The fraction of sp³-hybridized carbons (Fsp3) is 0.235. The van der Waals surface area contributed by atoms with Gasteiger partial charge in [-0.1, -0.05) is 28.1 Å². The van der Waals surface area contributed by atoms with Gasteiger partial charge in [0.1, 0.15) is 12.7 Å². The fourth-order valence-corrected chi connectivity index (χ4v) is 3.03. The van der Waals surface area contributed by atoms with E-state index in [0.29, 0.717) is 11.1 Å². The number of halogens is 1. The summed E-state index contributed by atoms with van der Waals surface area (Å²) >= 11 is 3.32. The number of benzene rings is 2. The molecule has 3 rings (SSSR count). The molecule has 8 heteroatoms. The Bertz CT molecular complexity index is 792. The normalized spacial score (nSPS) is 21.4. The number of rotatable bonds is 4. The molecule has 25 heavy (non-hydrogen) atoms. The maximum absolute atomic E-state index is 12.6. The molecule has 130 valence electrons. The minimum atomic E-state index is -1.73. The van der Waals surface area contributed by atoms with E-state index in [1.165, 1.54) is 24.3 Å². The van der Waals surface area contributed by atoms with Crippen LogP contribution in [0.2, 0.25) is 0 Å². The number of carbonyl (C=O) groups is 1. The van der Waals surface area contributed by atoms with Gasteiger partial charge in [-0.3, -0.25) is 10.1 Å². The number of hydrogen-bond donors (Lipinski definition) is 1. The summed E-state index contributed by atoms with van der Waals surface area (Å²) in [6, 6.07) is 12.1. The van der Waals surface area contributed by atoms with Gasteiger partial charge in [0.15, 0.2) is 0 Å². The molecule has 1 aliphatic heterocycles. The molecule has 7 nitrogen and oxygen atoms in total. The molecule has 1 N–H and O–H groups in total. The molecule has 0 unspecified atom stereocenters. The van der Waals surface area contributed by atoms with Gasteiger partial charge in [0.05, 0.1) is 11.5 Å². The number of hydrogen-bond acceptors (Lipinski definition) is 6. The first-order chi connectivity index (χ1) is 11.9. The number of nitro groups is 1. The number of aliphatic hydroxyl groups is 1. The van der Waals surface area contributed by atoms with Gasteiger partial charge >= 0.3 is 5.97 Å². The largest absolute Gasteiger partial charge is 0.461 e. The third-order valence-corrected chi connectivity index (χ3v) is 4.56. The van der Waals surface area contributed by atoms with Crippen LogP contribution in [-0.2, 0) is 19.9 Å². The highest BCUT2D eigenvalue weighted by molar-refractivity contribution is 9.10. The first-order valence-corrected chi connectivity index (χ1v) is 8.24. The molecule has 0 saturated carbocycles. The molecule has 2 aromatic carbocycles. The predicted octanol–water partition coefficient (Wildman–Crippen LogP) is 2.86. The van der Waals surface area contributed by atoms with E-state index in [9.17, 15) is 20.0 Å². The lowest BCUT2D eigenvalue weighted by Gasteiger charge is -2.39. The average molecular weight is 408 g/mol. The molecule has 0 aliphatic carbocycles. The van der Waals surface area contributed by atoms with Crippen molar-refractivity contribution >= 4 is 27.6 Å². The van der Waals surface area contributed by atoms with Crippen molar-refractivity contribution in [3.63, 3.8) is 0 Å². The topological polar surface area (TPSA) is 98.9 Å². The summed E-state index contributed by atoms with van der Waals surface area (Å²) < 4.78 is 11.7. The van der Waals surface area contributed by atoms with Gasteiger partial charge < -0.3 is 14.6 Å². The van der Waals surface area contributed by atoms with Crippen LogP contribution in [0.25, 0.3) is 0 Å². The van der Waals surface area contributed by atoms with Crippen LogP contribution in [0.1, 0.15) is 17.2 Å². The Morgan fingerprint density at radius 2 is 1.76 bits per heavy atom. The minimum Gasteiger partial charge on any atom is -0.461 e. The lowest BCUT2D eigenvalue weighted by atomic mass is 9.83. The Labute approximate surface area is 151 Å². The molecule has 1 aliphatic rings. The van der Waals surface area contributed by atoms with E-state index < -0.39 is 22.6 Å². The van der Waals surface area contributed by atoms with Crippen molar-refractivity contribution in [3.8, 4) is 0 Å². The first-order valence-electron chi connectivity index (χ1n) is 7.45. The van der Waals surface area contributed by atoms with Crippen molar-refractivity contribution < 1.29 is 24.3 Å². The summed E-state index contributed by atoms with van der Waals surface area (Å²) in [7, 11) is 0. The monoisotopic (exact) mass is 407 g/mol. The number of nitrogens with zero attached hydrogens (tertiary/aromatic N) is 1. The summed E-state index contributed by atoms with van der Waals surface area (Å²) in [6.45, 7) is 0.232. The van der Waals surface area contributed by atoms with Crippen LogP contribution >= 0.6 is 15.9 Å². The number of non-ortho nitro benzene ring substituents is 1. The van der Waals surface area contributed by atoms with Crippen LogP contribution in [0.4, 0.5) is 5.69 Å². The molecule has 0 spiro atoms. The quantitative estimate of drug-likeness (QED) is 0.475. The van der Waals surface area contributed by atoms with Crippen LogP contribution in [0, 0.1) is 10.1 Å². The molecule has 1 heterocycles. The predicted molar refractivity (Wildman–Crippen MR) is 90.8 cm³/mol. The van der Waals surface area contributed by atoms with Crippen LogP contribution in [-0.4, -0.2) is 29.2 Å². The Balaban J connectivity index is 2.06. The summed E-state index contributed by atoms with van der Waals surface area (Å²) in [5, 5.41) is 21.7. The highest BCUT2D eigenvalue weighted by Crippen LogP contribution is 2.42. The zero-order valence-electron chi connectivity index (χ0n) is 12.9. The number of esters is 1. The molecule has 1 saturated heterocycles. The van der Waals surface area contributed by atoms with Crippen LogP contribution in [0.5, 0.6) is 0 Å². The molecular weight excluding hydrogens is 394 g/mol. The Morgan fingerprint density at radius 1 is 1.12 bits per heavy atom. The molecule has 0 amide bonds. The standard InChI is InChI=1S/C17H14BrNO6/c18-13-5-3-12(4-6-13)17(16(21)24-9-10-25-17)15(20)11-1-7-14(8-2-11)19(22)23/h1-8,15,20H,9-10H2/t15-,17-/m1/s1. The van der Waals surface area contributed by atoms with Gasteiger partial charge in [-0.05, 0) is 35.4 Å². The zero-order chi connectivity index (χ0) is 18.0. The SMILES string of the molecule is O=C1OCCO[C@]1(c1ccc(Br)cc1)[C@H](O)c1ccc([N+](=O)[O-])cc1. The summed E-state index contributed by atoms with van der Waals surface area (Å²) in [5.74, 6) is -0.702. The van der Waals surface area contributed by atoms with Gasteiger partial charge in [-0.2, -0.15) is 0 Å². The third-order valence-electron chi connectivity index (χ3n) is 4.03. The van der Waals surface area contributed by atoms with Crippen molar-refractivity contribution in [2.24, 2.45) is 0 Å². The van der Waals surface area contributed by atoms with Crippen molar-refractivity contribution in [1.82, 2.24) is 0 Å². The third kappa shape index (κ3) is 3.15. The van der Waals surface area contributed by atoms with Gasteiger partial charge in [0.25, 0.3) is 5.69 Å². The van der Waals surface area contributed by atoms with Crippen LogP contribution in [0.15, 0.2) is 53.0 Å². The highest BCUT2D eigenvalue weighted by Gasteiger charge is 2.52. The number of nitro benzene ring substituents is 1. The van der Waals surface area contributed by atoms with Gasteiger partial charge in [-0.15, -0.1) is 0 Å². The highest BCUT2D eigenvalue weighted by atomic mass is 79.9. The van der Waals surface area contributed by atoms with Crippen molar-refractivity contribution in [2.45, 2.75) is 11.7 Å². The second-order valence-corrected chi connectivity index (χ2v) is 6.39. The second kappa shape index (κ2) is 6.91. The second-order valence-electron chi connectivity index (χ2n) is 5.48. The molecule has 2 atom stereocenters. The number of cyclic esters (lactones) is 1. The summed E-state index contributed by atoms with van der Waals surface area (Å²) in [5.41, 5.74) is -1.09. The lowest BCUT2D eigenvalue weighted by Crippen LogP contribution is -2.49. The molecule has 0 aromatic heterocycles. The summed E-state index contributed by atoms with van der Waals surface area (Å²) in [6.07, 6.45) is -1.39. The van der Waals surface area contributed by atoms with Gasteiger partial charge in [-0.25, -0.2) is 4.79 Å². The first kappa shape index (κ1) is 17.5. The molecule has 1 fully saturated rings. The summed E-state index contributed by atoms with van der Waals surface area (Å²) in [4.78, 5) is 22.8. The minimum absolute atomic E-state index is 0.101. The van der Waals surface area contributed by atoms with Gasteiger partial charge in [0, 0.05) is 16.6 Å². The number of ether oxygens (including phenoxy) is 2.